The van der Waals surface area contributed by atoms with Crippen molar-refractivity contribution < 1.29 is 19.1 Å². The van der Waals surface area contributed by atoms with Gasteiger partial charge in [0.25, 0.3) is 0 Å². The maximum absolute atomic E-state index is 12.2. The van der Waals surface area contributed by atoms with Crippen molar-refractivity contribution >= 4 is 45.8 Å². The number of nitrogens with zero attached hydrogens (tertiary/aromatic N) is 1. The highest BCUT2D eigenvalue weighted by molar-refractivity contribution is 14.1. The van der Waals surface area contributed by atoms with E-state index in [1.807, 2.05) is 63.6 Å². The van der Waals surface area contributed by atoms with E-state index in [4.69, 9.17) is 9.47 Å². The molecule has 1 N–H and O–H groups in total. The summed E-state index contributed by atoms with van der Waals surface area (Å²) in [5.74, 6) is -0.517. The number of hydrogen-bond donors (Lipinski definition) is 1. The van der Waals surface area contributed by atoms with Gasteiger partial charge in [-0.15, -0.1) is 0 Å². The minimum Gasteiger partial charge on any atom is -0.467 e. The van der Waals surface area contributed by atoms with Crippen LogP contribution in [0.15, 0.2) is 60.8 Å². The molecule has 0 spiro atoms. The number of carbonyl (C=O) groups is 2. The zero-order chi connectivity index (χ0) is 19.2. The Labute approximate surface area is 170 Å². The molecule has 140 valence electrons. The first-order valence-corrected chi connectivity index (χ1v) is 9.35. The van der Waals surface area contributed by atoms with Crippen molar-refractivity contribution in [1.82, 2.24) is 8.10 Å². The lowest BCUT2D eigenvalue weighted by atomic mass is 10.1. The molecule has 0 saturated carbocycles. The SMILES string of the molecule is COC(=O)[C@H](Cc1cn(I)c2ccccc12)NC(=O)OCc1ccccc1. The van der Waals surface area contributed by atoms with Crippen LogP contribution >= 0.6 is 22.9 Å². The van der Waals surface area contributed by atoms with E-state index in [0.29, 0.717) is 6.42 Å². The third kappa shape index (κ3) is 4.79. The highest BCUT2D eigenvalue weighted by atomic mass is 127. The Morgan fingerprint density at radius 1 is 1.11 bits per heavy atom. The van der Waals surface area contributed by atoms with E-state index in [1.54, 1.807) is 0 Å². The van der Waals surface area contributed by atoms with Gasteiger partial charge in [-0.2, -0.15) is 0 Å². The van der Waals surface area contributed by atoms with Crippen LogP contribution in [0.2, 0.25) is 0 Å². The first kappa shape index (κ1) is 19.2. The lowest BCUT2D eigenvalue weighted by molar-refractivity contribution is -0.142. The second-order valence-corrected chi connectivity index (χ2v) is 7.01. The molecule has 0 unspecified atom stereocenters. The molecule has 0 radical (unpaired) electrons. The number of methoxy groups -OCH3 is 1. The lowest BCUT2D eigenvalue weighted by Crippen LogP contribution is -2.43. The predicted octanol–water partition coefficient (Wildman–Crippen LogP) is 3.85. The molecule has 7 heteroatoms. The molecule has 1 amide bonds. The van der Waals surface area contributed by atoms with Crippen molar-refractivity contribution in [3.63, 3.8) is 0 Å². The summed E-state index contributed by atoms with van der Waals surface area (Å²) in [7, 11) is 1.30. The van der Waals surface area contributed by atoms with Gasteiger partial charge in [0.1, 0.15) is 12.6 Å². The Hall–Kier alpha value is -2.55. The number of rotatable bonds is 6. The summed E-state index contributed by atoms with van der Waals surface area (Å²) in [6.45, 7) is 0.133. The van der Waals surface area contributed by atoms with Crippen LogP contribution in [-0.2, 0) is 27.3 Å². The third-order valence-corrected chi connectivity index (χ3v) is 4.96. The van der Waals surface area contributed by atoms with Gasteiger partial charge in [0.2, 0.25) is 0 Å². The van der Waals surface area contributed by atoms with Gasteiger partial charge in [0.05, 0.1) is 35.5 Å². The lowest BCUT2D eigenvalue weighted by Gasteiger charge is -2.16. The summed E-state index contributed by atoms with van der Waals surface area (Å²) in [5, 5.41) is 3.64. The largest absolute Gasteiger partial charge is 0.467 e. The fraction of sp³-hybridized carbons (Fsp3) is 0.200. The van der Waals surface area contributed by atoms with E-state index in [1.165, 1.54) is 7.11 Å². The van der Waals surface area contributed by atoms with Crippen molar-refractivity contribution in [2.75, 3.05) is 7.11 Å². The Kier molecular flexibility index (Phi) is 6.33. The van der Waals surface area contributed by atoms with Crippen LogP contribution in [0.4, 0.5) is 4.79 Å². The van der Waals surface area contributed by atoms with E-state index >= 15 is 0 Å². The van der Waals surface area contributed by atoms with Gasteiger partial charge < -0.3 is 14.8 Å². The molecule has 2 aromatic carbocycles. The molecule has 1 aromatic heterocycles. The van der Waals surface area contributed by atoms with Crippen LogP contribution in [0, 0.1) is 0 Å². The summed E-state index contributed by atoms with van der Waals surface area (Å²) in [4.78, 5) is 24.3. The molecule has 6 nitrogen and oxygen atoms in total. The molecule has 0 aliphatic heterocycles. The number of fused-ring (bicyclic) bond motifs is 1. The fourth-order valence-electron chi connectivity index (χ4n) is 2.83. The zero-order valence-electron chi connectivity index (χ0n) is 14.7. The monoisotopic (exact) mass is 478 g/mol. The number of aromatic nitrogens is 1. The van der Waals surface area contributed by atoms with Gasteiger partial charge in [-0.05, 0) is 17.2 Å². The van der Waals surface area contributed by atoms with E-state index < -0.39 is 18.1 Å². The molecule has 0 saturated heterocycles. The van der Waals surface area contributed by atoms with Crippen molar-refractivity contribution in [3.05, 3.63) is 71.9 Å². The van der Waals surface area contributed by atoms with Gasteiger partial charge in [-0.3, -0.25) is 2.78 Å². The van der Waals surface area contributed by atoms with Crippen molar-refractivity contribution in [1.29, 1.82) is 0 Å². The number of amides is 1. The number of ether oxygens (including phenoxy) is 2. The van der Waals surface area contributed by atoms with Crippen LogP contribution in [0.3, 0.4) is 0 Å². The molecule has 0 bridgehead atoms. The number of halogens is 1. The maximum atomic E-state index is 12.2. The summed E-state index contributed by atoms with van der Waals surface area (Å²) in [6.07, 6.45) is 1.59. The number of carbonyl (C=O) groups excluding carboxylic acids is 2. The molecule has 0 aliphatic rings. The number of alkyl carbamates (subject to hydrolysis) is 1. The molecule has 0 fully saturated rings. The minimum absolute atomic E-state index is 0.133. The molecule has 0 aliphatic carbocycles. The van der Waals surface area contributed by atoms with E-state index in [0.717, 1.165) is 22.0 Å². The quantitative estimate of drug-likeness (QED) is 0.432. The topological polar surface area (TPSA) is 69.6 Å². The normalized spacial score (nSPS) is 11.8. The van der Waals surface area contributed by atoms with Gasteiger partial charge in [0, 0.05) is 18.0 Å². The maximum Gasteiger partial charge on any atom is 0.408 e. The Balaban J connectivity index is 1.70. The minimum atomic E-state index is -0.833. The summed E-state index contributed by atoms with van der Waals surface area (Å²) >= 11 is 2.19. The zero-order valence-corrected chi connectivity index (χ0v) is 16.9. The highest BCUT2D eigenvalue weighted by Crippen LogP contribution is 2.24. The Morgan fingerprint density at radius 2 is 1.81 bits per heavy atom. The third-order valence-electron chi connectivity index (χ3n) is 4.16. The van der Waals surface area contributed by atoms with Crippen LogP contribution in [0.1, 0.15) is 11.1 Å². The van der Waals surface area contributed by atoms with Gasteiger partial charge in [0.15, 0.2) is 0 Å². The Morgan fingerprint density at radius 3 is 2.56 bits per heavy atom. The highest BCUT2D eigenvalue weighted by Gasteiger charge is 2.24. The van der Waals surface area contributed by atoms with Crippen molar-refractivity contribution in [3.8, 4) is 0 Å². The van der Waals surface area contributed by atoms with Gasteiger partial charge in [-0.1, -0.05) is 48.5 Å². The smallest absolute Gasteiger partial charge is 0.408 e. The van der Waals surface area contributed by atoms with Crippen molar-refractivity contribution in [2.45, 2.75) is 19.1 Å². The predicted molar refractivity (Wildman–Crippen MR) is 111 cm³/mol. The summed E-state index contributed by atoms with van der Waals surface area (Å²) < 4.78 is 12.0. The van der Waals surface area contributed by atoms with Crippen LogP contribution in [0.5, 0.6) is 0 Å². The van der Waals surface area contributed by atoms with Crippen LogP contribution in [-0.4, -0.2) is 28.0 Å². The fourth-order valence-corrected chi connectivity index (χ4v) is 3.59. The van der Waals surface area contributed by atoms with Crippen LogP contribution in [0.25, 0.3) is 10.9 Å². The average Bonchev–Trinajstić information content (AvgIpc) is 3.02. The Bertz CT molecular complexity index is 940. The summed E-state index contributed by atoms with van der Waals surface area (Å²) in [5.41, 5.74) is 2.86. The molecular formula is C20H19IN2O4. The van der Waals surface area contributed by atoms with Crippen molar-refractivity contribution in [2.24, 2.45) is 0 Å². The molecule has 27 heavy (non-hydrogen) atoms. The second-order valence-electron chi connectivity index (χ2n) is 5.97. The first-order valence-electron chi connectivity index (χ1n) is 8.38. The van der Waals surface area contributed by atoms with E-state index in [-0.39, 0.29) is 6.61 Å². The standard InChI is InChI=1S/C20H19IN2O4/c1-26-19(24)17(22-20(25)27-13-14-7-3-2-4-8-14)11-15-12-23(21)18-10-6-5-9-16(15)18/h2-10,12,17H,11,13H2,1H3,(H,22,25)/t17-/m0/s1. The van der Waals surface area contributed by atoms with Gasteiger partial charge >= 0.3 is 12.1 Å². The number of benzene rings is 2. The molecule has 1 heterocycles. The van der Waals surface area contributed by atoms with Crippen LogP contribution < -0.4 is 5.32 Å². The van der Waals surface area contributed by atoms with E-state index in [9.17, 15) is 9.59 Å². The molecular weight excluding hydrogens is 459 g/mol. The van der Waals surface area contributed by atoms with E-state index in [2.05, 4.69) is 28.2 Å². The number of para-hydroxylation sites is 1. The first-order chi connectivity index (χ1) is 13.1. The number of esters is 1. The number of nitrogens with one attached hydrogen (secondary N) is 1. The molecule has 1 atom stereocenters. The average molecular weight is 478 g/mol. The second kappa shape index (κ2) is 8.90. The molecule has 3 rings (SSSR count). The molecule has 3 aromatic rings. The number of hydrogen-bond acceptors (Lipinski definition) is 4. The summed E-state index contributed by atoms with van der Waals surface area (Å²) in [6, 6.07) is 16.4. The van der Waals surface area contributed by atoms with Gasteiger partial charge in [-0.25, -0.2) is 9.59 Å².